The van der Waals surface area contributed by atoms with Gasteiger partial charge in [-0.3, -0.25) is 14.6 Å². The number of imide groups is 1. The third-order valence-electron chi connectivity index (χ3n) is 5.69. The summed E-state index contributed by atoms with van der Waals surface area (Å²) in [6, 6.07) is 10.1. The lowest BCUT2D eigenvalue weighted by Gasteiger charge is -2.26. The lowest BCUT2D eigenvalue weighted by atomic mass is 10.0. The fourth-order valence-electron chi connectivity index (χ4n) is 4.10. The predicted molar refractivity (Wildman–Crippen MR) is 115 cm³/mol. The Morgan fingerprint density at radius 1 is 0.969 bits per heavy atom. The van der Waals surface area contributed by atoms with Crippen molar-refractivity contribution in [2.45, 2.75) is 11.8 Å². The number of sulfonamides is 1. The number of benzene rings is 2. The average Bonchev–Trinajstić information content (AvgIpc) is 3.06. The van der Waals surface area contributed by atoms with E-state index in [0.29, 0.717) is 35.5 Å². The van der Waals surface area contributed by atoms with Crippen molar-refractivity contribution < 1.29 is 27.9 Å². The highest BCUT2D eigenvalue weighted by molar-refractivity contribution is 7.89. The first kappa shape index (κ1) is 20.6. The molecule has 0 unspecified atom stereocenters. The largest absolute Gasteiger partial charge is 0.508 e. The van der Waals surface area contributed by atoms with Gasteiger partial charge in [0.15, 0.2) is 0 Å². The molecular weight excluding hydrogens is 434 g/mol. The van der Waals surface area contributed by atoms with Crippen LogP contribution in [0.3, 0.4) is 0 Å². The zero-order valence-electron chi connectivity index (χ0n) is 17.1. The van der Waals surface area contributed by atoms with Gasteiger partial charge in [0.2, 0.25) is 10.0 Å². The van der Waals surface area contributed by atoms with Gasteiger partial charge in [-0.25, -0.2) is 13.3 Å². The summed E-state index contributed by atoms with van der Waals surface area (Å²) in [6.07, 6.45) is 0. The second-order valence-corrected chi connectivity index (χ2v) is 9.54. The van der Waals surface area contributed by atoms with E-state index in [9.17, 15) is 23.1 Å². The number of aromatic nitrogens is 1. The van der Waals surface area contributed by atoms with E-state index in [0.717, 1.165) is 4.90 Å². The number of phenols is 1. The van der Waals surface area contributed by atoms with Gasteiger partial charge < -0.3 is 9.84 Å². The number of rotatable bonds is 3. The third kappa shape index (κ3) is 3.07. The average molecular weight is 453 g/mol. The number of carbonyl (C=O) groups is 2. The highest BCUT2D eigenvalue weighted by Crippen LogP contribution is 2.36. The first-order chi connectivity index (χ1) is 15.3. The summed E-state index contributed by atoms with van der Waals surface area (Å²) in [5, 5.41) is 9.84. The molecule has 2 aromatic carbocycles. The number of fused-ring (bicyclic) bond motifs is 3. The van der Waals surface area contributed by atoms with E-state index in [4.69, 9.17) is 4.74 Å². The molecule has 0 atom stereocenters. The van der Waals surface area contributed by atoms with E-state index < -0.39 is 21.8 Å². The predicted octanol–water partition coefficient (Wildman–Crippen LogP) is 2.07. The molecule has 1 fully saturated rings. The van der Waals surface area contributed by atoms with Crippen LogP contribution in [0.4, 0.5) is 5.69 Å². The Morgan fingerprint density at radius 3 is 2.31 bits per heavy atom. The van der Waals surface area contributed by atoms with Crippen LogP contribution in [-0.4, -0.2) is 60.9 Å². The molecule has 2 aliphatic rings. The number of anilines is 1. The number of hydrogen-bond acceptors (Lipinski definition) is 7. The fourth-order valence-corrected chi connectivity index (χ4v) is 5.53. The number of morpholine rings is 1. The van der Waals surface area contributed by atoms with E-state index in [1.807, 2.05) is 0 Å². The van der Waals surface area contributed by atoms with Crippen molar-refractivity contribution in [3.05, 3.63) is 59.3 Å². The number of nitrogens with zero attached hydrogens (tertiary/aromatic N) is 3. The molecular formula is C22H19N3O6S. The van der Waals surface area contributed by atoms with Gasteiger partial charge >= 0.3 is 0 Å². The number of pyridine rings is 1. The van der Waals surface area contributed by atoms with Crippen LogP contribution in [0.1, 0.15) is 26.4 Å². The Kier molecular flexibility index (Phi) is 4.73. The van der Waals surface area contributed by atoms with Gasteiger partial charge in [-0.05, 0) is 49.4 Å². The summed E-state index contributed by atoms with van der Waals surface area (Å²) >= 11 is 0. The van der Waals surface area contributed by atoms with Crippen LogP contribution in [0.25, 0.3) is 10.9 Å². The van der Waals surface area contributed by atoms with Crippen LogP contribution >= 0.6 is 0 Å². The summed E-state index contributed by atoms with van der Waals surface area (Å²) in [7, 11) is -3.79. The molecule has 1 aromatic heterocycles. The van der Waals surface area contributed by atoms with Crippen molar-refractivity contribution >= 4 is 38.4 Å². The Hall–Kier alpha value is -3.34. The molecule has 1 saturated heterocycles. The number of carbonyl (C=O) groups excluding carboxylic acids is 2. The minimum Gasteiger partial charge on any atom is -0.508 e. The maximum Gasteiger partial charge on any atom is 0.268 e. The quantitative estimate of drug-likeness (QED) is 0.603. The maximum atomic E-state index is 13.4. The van der Waals surface area contributed by atoms with Crippen LogP contribution in [0, 0.1) is 6.92 Å². The minimum atomic E-state index is -3.79. The van der Waals surface area contributed by atoms with Gasteiger partial charge in [0.05, 0.1) is 46.1 Å². The van der Waals surface area contributed by atoms with E-state index >= 15 is 0 Å². The third-order valence-corrected chi connectivity index (χ3v) is 7.58. The Balaban J connectivity index is 1.67. The zero-order valence-corrected chi connectivity index (χ0v) is 17.9. The first-order valence-electron chi connectivity index (χ1n) is 9.99. The van der Waals surface area contributed by atoms with Gasteiger partial charge in [0.1, 0.15) is 5.75 Å². The van der Waals surface area contributed by atoms with Gasteiger partial charge in [0, 0.05) is 18.5 Å². The van der Waals surface area contributed by atoms with Crippen LogP contribution in [0.15, 0.2) is 47.4 Å². The Labute approximate surface area is 183 Å². The Morgan fingerprint density at radius 2 is 1.62 bits per heavy atom. The minimum absolute atomic E-state index is 0.00613. The van der Waals surface area contributed by atoms with Gasteiger partial charge in [-0.2, -0.15) is 4.31 Å². The Bertz CT molecular complexity index is 1380. The molecule has 0 aliphatic carbocycles. The van der Waals surface area contributed by atoms with E-state index in [2.05, 4.69) is 4.98 Å². The number of aromatic hydroxyl groups is 1. The van der Waals surface area contributed by atoms with Crippen molar-refractivity contribution in [1.82, 2.24) is 9.29 Å². The summed E-state index contributed by atoms with van der Waals surface area (Å²) in [6.45, 7) is 2.77. The molecule has 164 valence electrons. The number of aryl methyl sites for hydroxylation is 1. The second kappa shape index (κ2) is 7.37. The summed E-state index contributed by atoms with van der Waals surface area (Å²) in [5.74, 6) is -1.09. The van der Waals surface area contributed by atoms with Crippen LogP contribution < -0.4 is 4.90 Å². The SMILES string of the molecule is Cc1nc2ccc(S(=O)(=O)N3CCOCC3)cc2c2c1C(=O)N(c1ccc(O)cc1)C2=O. The van der Waals surface area contributed by atoms with Gasteiger partial charge in [-0.15, -0.1) is 0 Å². The van der Waals surface area contributed by atoms with E-state index in [1.54, 1.807) is 13.0 Å². The smallest absolute Gasteiger partial charge is 0.268 e. The van der Waals surface area contributed by atoms with Gasteiger partial charge in [0.25, 0.3) is 11.8 Å². The monoisotopic (exact) mass is 453 g/mol. The van der Waals surface area contributed by atoms with Crippen molar-refractivity contribution in [3.8, 4) is 5.75 Å². The summed E-state index contributed by atoms with van der Waals surface area (Å²) in [5.41, 5.74) is 1.39. The van der Waals surface area contributed by atoms with Crippen LogP contribution in [0.2, 0.25) is 0 Å². The first-order valence-corrected chi connectivity index (χ1v) is 11.4. The molecule has 5 rings (SSSR count). The normalized spacial score (nSPS) is 17.2. The van der Waals surface area contributed by atoms with Crippen LogP contribution in [-0.2, 0) is 14.8 Å². The molecule has 3 heterocycles. The molecule has 32 heavy (non-hydrogen) atoms. The fraction of sp³-hybridized carbons (Fsp3) is 0.227. The summed E-state index contributed by atoms with van der Waals surface area (Å²) < 4.78 is 32.8. The molecule has 10 heteroatoms. The zero-order chi connectivity index (χ0) is 22.6. The lowest BCUT2D eigenvalue weighted by Crippen LogP contribution is -2.40. The van der Waals surface area contributed by atoms with Crippen molar-refractivity contribution in [3.63, 3.8) is 0 Å². The standard InChI is InChI=1S/C22H19N3O6S/c1-13-19-20(22(28)25(21(19)27)14-2-4-15(26)5-3-14)17-12-16(6-7-18(17)23-13)32(29,30)24-8-10-31-11-9-24/h2-7,12,26H,8-11H2,1H3. The number of amides is 2. The molecule has 0 saturated carbocycles. The molecule has 0 bridgehead atoms. The molecule has 2 amide bonds. The summed E-state index contributed by atoms with van der Waals surface area (Å²) in [4.78, 5) is 32.0. The van der Waals surface area contributed by atoms with E-state index in [1.165, 1.54) is 40.7 Å². The molecule has 9 nitrogen and oxygen atoms in total. The van der Waals surface area contributed by atoms with E-state index in [-0.39, 0.29) is 34.9 Å². The number of ether oxygens (including phenoxy) is 1. The maximum absolute atomic E-state index is 13.4. The molecule has 0 radical (unpaired) electrons. The van der Waals surface area contributed by atoms with Crippen molar-refractivity contribution in [1.29, 1.82) is 0 Å². The molecule has 2 aliphatic heterocycles. The lowest BCUT2D eigenvalue weighted by molar-refractivity contribution is 0.0730. The molecule has 3 aromatic rings. The number of hydrogen-bond donors (Lipinski definition) is 1. The highest BCUT2D eigenvalue weighted by atomic mass is 32.2. The van der Waals surface area contributed by atoms with Crippen molar-refractivity contribution in [2.75, 3.05) is 31.2 Å². The second-order valence-electron chi connectivity index (χ2n) is 7.60. The molecule has 0 spiro atoms. The highest BCUT2D eigenvalue weighted by Gasteiger charge is 2.40. The molecule has 1 N–H and O–H groups in total. The van der Waals surface area contributed by atoms with Crippen molar-refractivity contribution in [2.24, 2.45) is 0 Å². The number of phenolic OH excluding ortho intramolecular Hbond substituents is 1. The van der Waals surface area contributed by atoms with Gasteiger partial charge in [-0.1, -0.05) is 0 Å². The topological polar surface area (TPSA) is 117 Å². The van der Waals surface area contributed by atoms with Crippen LogP contribution in [0.5, 0.6) is 5.75 Å².